The van der Waals surface area contributed by atoms with Crippen molar-refractivity contribution in [3.8, 4) is 0 Å². The predicted molar refractivity (Wildman–Crippen MR) is 137 cm³/mol. The maximum absolute atomic E-state index is 12.7. The standard InChI is InChI=1S/C25H26ClN5O2S/c1-17-14-18(2)28-25(27-17)34-16-23(32)29-21-6-8-22(9-7-21)30-10-12-31(13-11-30)24(33)19-4-3-5-20(26)15-19/h3-9,14-15H,10-13,16H2,1-2H3,(H,29,32). The molecule has 4 rings (SSSR count). The molecule has 7 nitrogen and oxygen atoms in total. The zero-order chi connectivity index (χ0) is 24.1. The van der Waals surface area contributed by atoms with E-state index in [2.05, 4.69) is 20.2 Å². The lowest BCUT2D eigenvalue weighted by Crippen LogP contribution is -2.48. The molecule has 0 unspecified atom stereocenters. The SMILES string of the molecule is Cc1cc(C)nc(SCC(=O)Nc2ccc(N3CCN(C(=O)c4cccc(Cl)c4)CC3)cc2)n1. The second-order valence-electron chi connectivity index (χ2n) is 8.11. The number of benzene rings is 2. The van der Waals surface area contributed by atoms with E-state index in [0.29, 0.717) is 28.8 Å². The lowest BCUT2D eigenvalue weighted by molar-refractivity contribution is -0.113. The molecule has 0 aliphatic carbocycles. The number of aryl methyl sites for hydroxylation is 2. The number of aromatic nitrogens is 2. The number of nitrogens with zero attached hydrogens (tertiary/aromatic N) is 4. The Bertz CT molecular complexity index is 1160. The van der Waals surface area contributed by atoms with Crippen LogP contribution in [0.15, 0.2) is 59.8 Å². The van der Waals surface area contributed by atoms with Gasteiger partial charge in [-0.2, -0.15) is 0 Å². The third-order valence-corrected chi connectivity index (χ3v) is 6.53. The minimum Gasteiger partial charge on any atom is -0.368 e. The normalized spacial score (nSPS) is 13.6. The number of hydrogen-bond donors (Lipinski definition) is 1. The highest BCUT2D eigenvalue weighted by atomic mass is 35.5. The van der Waals surface area contributed by atoms with Gasteiger partial charge >= 0.3 is 0 Å². The van der Waals surface area contributed by atoms with Crippen molar-refractivity contribution in [3.63, 3.8) is 0 Å². The molecule has 0 radical (unpaired) electrons. The molecule has 9 heteroatoms. The van der Waals surface area contributed by atoms with Crippen LogP contribution in [0, 0.1) is 13.8 Å². The molecule has 1 fully saturated rings. The predicted octanol–water partition coefficient (Wildman–Crippen LogP) is 4.44. The summed E-state index contributed by atoms with van der Waals surface area (Å²) < 4.78 is 0. The highest BCUT2D eigenvalue weighted by Gasteiger charge is 2.22. The van der Waals surface area contributed by atoms with Crippen molar-refractivity contribution < 1.29 is 9.59 Å². The molecule has 3 aromatic rings. The number of carbonyl (C=O) groups excluding carboxylic acids is 2. The summed E-state index contributed by atoms with van der Waals surface area (Å²) in [5.41, 5.74) is 4.20. The van der Waals surface area contributed by atoms with E-state index in [1.165, 1.54) is 11.8 Å². The first-order valence-electron chi connectivity index (χ1n) is 11.0. The van der Waals surface area contributed by atoms with E-state index in [1.807, 2.05) is 49.1 Å². The second kappa shape index (κ2) is 10.9. The van der Waals surface area contributed by atoms with Crippen molar-refractivity contribution in [3.05, 3.63) is 76.6 Å². The maximum atomic E-state index is 12.7. The molecule has 1 aliphatic rings. The Morgan fingerprint density at radius 1 is 0.971 bits per heavy atom. The Labute approximate surface area is 208 Å². The van der Waals surface area contributed by atoms with E-state index in [4.69, 9.17) is 11.6 Å². The monoisotopic (exact) mass is 495 g/mol. The van der Waals surface area contributed by atoms with E-state index in [9.17, 15) is 9.59 Å². The third kappa shape index (κ3) is 6.27. The Kier molecular flexibility index (Phi) is 7.70. The van der Waals surface area contributed by atoms with E-state index in [1.54, 1.807) is 24.3 Å². The van der Waals surface area contributed by atoms with Crippen LogP contribution in [0.1, 0.15) is 21.7 Å². The van der Waals surface area contributed by atoms with Crippen LogP contribution in [-0.4, -0.2) is 58.6 Å². The van der Waals surface area contributed by atoms with Gasteiger partial charge in [0.1, 0.15) is 0 Å². The average Bonchev–Trinajstić information content (AvgIpc) is 2.82. The van der Waals surface area contributed by atoms with Gasteiger partial charge in [0.25, 0.3) is 5.91 Å². The summed E-state index contributed by atoms with van der Waals surface area (Å²) in [6.45, 7) is 6.59. The maximum Gasteiger partial charge on any atom is 0.254 e. The lowest BCUT2D eigenvalue weighted by Gasteiger charge is -2.36. The molecule has 176 valence electrons. The van der Waals surface area contributed by atoms with Crippen molar-refractivity contribution in [1.29, 1.82) is 0 Å². The fraction of sp³-hybridized carbons (Fsp3) is 0.280. The van der Waals surface area contributed by atoms with Crippen LogP contribution in [0.5, 0.6) is 0 Å². The Morgan fingerprint density at radius 2 is 1.65 bits per heavy atom. The Morgan fingerprint density at radius 3 is 2.29 bits per heavy atom. The van der Waals surface area contributed by atoms with Gasteiger partial charge in [0, 0.05) is 59.5 Å². The molecule has 1 saturated heterocycles. The number of halogens is 1. The summed E-state index contributed by atoms with van der Waals surface area (Å²) in [5.74, 6) is 0.144. The van der Waals surface area contributed by atoms with Crippen molar-refractivity contribution >= 4 is 46.6 Å². The van der Waals surface area contributed by atoms with Gasteiger partial charge in [-0.25, -0.2) is 9.97 Å². The summed E-state index contributed by atoms with van der Waals surface area (Å²) in [6, 6.07) is 16.7. The molecule has 1 aliphatic heterocycles. The molecule has 0 spiro atoms. The zero-order valence-electron chi connectivity index (χ0n) is 19.1. The van der Waals surface area contributed by atoms with Gasteiger partial charge in [0.15, 0.2) is 5.16 Å². The van der Waals surface area contributed by atoms with Crippen LogP contribution < -0.4 is 10.2 Å². The minimum atomic E-state index is -0.103. The topological polar surface area (TPSA) is 78.4 Å². The smallest absolute Gasteiger partial charge is 0.254 e. The highest BCUT2D eigenvalue weighted by molar-refractivity contribution is 7.99. The van der Waals surface area contributed by atoms with Crippen molar-refractivity contribution in [2.45, 2.75) is 19.0 Å². The first-order chi connectivity index (χ1) is 16.4. The van der Waals surface area contributed by atoms with Crippen molar-refractivity contribution in [2.24, 2.45) is 0 Å². The van der Waals surface area contributed by atoms with Gasteiger partial charge in [0.05, 0.1) is 5.75 Å². The highest BCUT2D eigenvalue weighted by Crippen LogP contribution is 2.21. The van der Waals surface area contributed by atoms with E-state index in [-0.39, 0.29) is 17.6 Å². The van der Waals surface area contributed by atoms with Gasteiger partial charge in [-0.3, -0.25) is 9.59 Å². The van der Waals surface area contributed by atoms with Gasteiger partial charge < -0.3 is 15.1 Å². The van der Waals surface area contributed by atoms with Crippen LogP contribution in [0.25, 0.3) is 0 Å². The van der Waals surface area contributed by atoms with Crippen LogP contribution in [0.4, 0.5) is 11.4 Å². The molecule has 1 aromatic heterocycles. The minimum absolute atomic E-state index is 0.00399. The fourth-order valence-corrected chi connectivity index (χ4v) is 4.75. The fourth-order valence-electron chi connectivity index (χ4n) is 3.81. The molecule has 34 heavy (non-hydrogen) atoms. The number of piperazine rings is 1. The second-order valence-corrected chi connectivity index (χ2v) is 9.49. The Hall–Kier alpha value is -3.10. The third-order valence-electron chi connectivity index (χ3n) is 5.45. The molecular weight excluding hydrogens is 470 g/mol. The molecule has 0 bridgehead atoms. The van der Waals surface area contributed by atoms with E-state index in [0.717, 1.165) is 35.9 Å². The summed E-state index contributed by atoms with van der Waals surface area (Å²) >= 11 is 7.34. The average molecular weight is 496 g/mol. The van der Waals surface area contributed by atoms with Crippen molar-refractivity contribution in [2.75, 3.05) is 42.1 Å². The lowest BCUT2D eigenvalue weighted by atomic mass is 10.1. The molecule has 0 atom stereocenters. The molecule has 1 N–H and O–H groups in total. The molecular formula is C25H26ClN5O2S. The van der Waals surface area contributed by atoms with E-state index >= 15 is 0 Å². The number of carbonyl (C=O) groups is 2. The quantitative estimate of drug-likeness (QED) is 0.402. The number of amides is 2. The summed E-state index contributed by atoms with van der Waals surface area (Å²) in [5, 5.41) is 4.09. The summed E-state index contributed by atoms with van der Waals surface area (Å²) in [6.07, 6.45) is 0. The summed E-state index contributed by atoms with van der Waals surface area (Å²) in [4.78, 5) is 37.8. The van der Waals surface area contributed by atoms with Crippen molar-refractivity contribution in [1.82, 2.24) is 14.9 Å². The van der Waals surface area contributed by atoms with Crippen LogP contribution in [-0.2, 0) is 4.79 Å². The van der Waals surface area contributed by atoms with Crippen LogP contribution in [0.2, 0.25) is 5.02 Å². The summed E-state index contributed by atoms with van der Waals surface area (Å²) in [7, 11) is 0. The number of nitrogens with one attached hydrogen (secondary N) is 1. The van der Waals surface area contributed by atoms with Gasteiger partial charge in [0.2, 0.25) is 5.91 Å². The van der Waals surface area contributed by atoms with Gasteiger partial charge in [-0.05, 0) is 62.4 Å². The van der Waals surface area contributed by atoms with Crippen LogP contribution >= 0.6 is 23.4 Å². The first kappa shape index (κ1) is 24.0. The number of rotatable bonds is 6. The first-order valence-corrected chi connectivity index (χ1v) is 12.4. The number of anilines is 2. The Balaban J connectivity index is 1.26. The number of hydrogen-bond acceptors (Lipinski definition) is 6. The molecule has 0 saturated carbocycles. The zero-order valence-corrected chi connectivity index (χ0v) is 20.7. The van der Waals surface area contributed by atoms with E-state index < -0.39 is 0 Å². The molecule has 2 aromatic carbocycles. The molecule has 2 heterocycles. The van der Waals surface area contributed by atoms with Gasteiger partial charge in [-0.1, -0.05) is 29.4 Å². The van der Waals surface area contributed by atoms with Gasteiger partial charge in [-0.15, -0.1) is 0 Å². The molecule has 2 amide bonds. The largest absolute Gasteiger partial charge is 0.368 e. The van der Waals surface area contributed by atoms with Crippen LogP contribution in [0.3, 0.4) is 0 Å². The number of thioether (sulfide) groups is 1.